The van der Waals surface area contributed by atoms with Crippen molar-refractivity contribution in [2.24, 2.45) is 0 Å². The molecule has 3 rings (SSSR count). The summed E-state index contributed by atoms with van der Waals surface area (Å²) in [6.07, 6.45) is 2.36. The fourth-order valence-electron chi connectivity index (χ4n) is 3.72. The number of benzene rings is 1. The summed E-state index contributed by atoms with van der Waals surface area (Å²) in [7, 11) is 0. The van der Waals surface area contributed by atoms with Crippen LogP contribution in [0.25, 0.3) is 11.3 Å². The van der Waals surface area contributed by atoms with Gasteiger partial charge in [0.15, 0.2) is 10.9 Å². The number of anilines is 1. The molecule has 1 aromatic carbocycles. The topological polar surface area (TPSA) is 104 Å². The summed E-state index contributed by atoms with van der Waals surface area (Å²) in [5.74, 6) is -0.360. The van der Waals surface area contributed by atoms with E-state index < -0.39 is 0 Å². The van der Waals surface area contributed by atoms with Gasteiger partial charge in [0.2, 0.25) is 5.91 Å². The molecule has 32 heavy (non-hydrogen) atoms. The molecule has 0 bridgehead atoms. The van der Waals surface area contributed by atoms with E-state index in [9.17, 15) is 14.4 Å². The lowest BCUT2D eigenvalue weighted by Crippen LogP contribution is -2.21. The SMILES string of the molecule is CCc1c(C(=O)Nc2nc(-c3ccc(CCCNC(C)=O)cc3)cs2)[nH]c(C)c1C(C)=O. The molecular weight excluding hydrogens is 424 g/mol. The first-order valence-corrected chi connectivity index (χ1v) is 11.5. The van der Waals surface area contributed by atoms with Gasteiger partial charge in [-0.25, -0.2) is 4.98 Å². The first-order valence-electron chi connectivity index (χ1n) is 10.6. The molecule has 0 saturated heterocycles. The number of aromatic nitrogens is 2. The zero-order chi connectivity index (χ0) is 23.3. The highest BCUT2D eigenvalue weighted by atomic mass is 32.1. The van der Waals surface area contributed by atoms with Gasteiger partial charge in [-0.1, -0.05) is 31.2 Å². The summed E-state index contributed by atoms with van der Waals surface area (Å²) in [6.45, 7) is 7.43. The third-order valence-corrected chi connectivity index (χ3v) is 5.97. The number of aryl methyl sites for hydroxylation is 2. The Balaban J connectivity index is 1.66. The number of rotatable bonds is 9. The van der Waals surface area contributed by atoms with Crippen molar-refractivity contribution in [3.8, 4) is 11.3 Å². The van der Waals surface area contributed by atoms with Gasteiger partial charge in [0.05, 0.1) is 5.69 Å². The van der Waals surface area contributed by atoms with Crippen LogP contribution in [-0.4, -0.2) is 34.1 Å². The van der Waals surface area contributed by atoms with Crippen molar-refractivity contribution in [3.05, 3.63) is 57.7 Å². The Labute approximate surface area is 191 Å². The summed E-state index contributed by atoms with van der Waals surface area (Å²) in [5.41, 5.74) is 5.40. The molecule has 8 heteroatoms. The van der Waals surface area contributed by atoms with Gasteiger partial charge >= 0.3 is 0 Å². The third-order valence-electron chi connectivity index (χ3n) is 5.21. The lowest BCUT2D eigenvalue weighted by molar-refractivity contribution is -0.118. The van der Waals surface area contributed by atoms with Crippen LogP contribution in [0.15, 0.2) is 29.6 Å². The van der Waals surface area contributed by atoms with Crippen molar-refractivity contribution in [2.45, 2.75) is 47.0 Å². The highest BCUT2D eigenvalue weighted by molar-refractivity contribution is 7.14. The smallest absolute Gasteiger partial charge is 0.274 e. The molecular formula is C24H28N4O3S. The number of amides is 2. The highest BCUT2D eigenvalue weighted by Gasteiger charge is 2.22. The van der Waals surface area contributed by atoms with Gasteiger partial charge in [-0.05, 0) is 44.2 Å². The van der Waals surface area contributed by atoms with Crippen LogP contribution in [0.4, 0.5) is 5.13 Å². The molecule has 2 amide bonds. The summed E-state index contributed by atoms with van der Waals surface area (Å²) in [4.78, 5) is 43.3. The summed E-state index contributed by atoms with van der Waals surface area (Å²) >= 11 is 1.36. The molecule has 3 aromatic rings. The Hall–Kier alpha value is -3.26. The van der Waals surface area contributed by atoms with E-state index in [1.807, 2.05) is 24.4 Å². The van der Waals surface area contributed by atoms with Gasteiger partial charge in [0.1, 0.15) is 5.69 Å². The number of H-pyrrole nitrogens is 1. The van der Waals surface area contributed by atoms with Gasteiger partial charge in [-0.2, -0.15) is 0 Å². The number of nitrogens with one attached hydrogen (secondary N) is 3. The monoisotopic (exact) mass is 452 g/mol. The number of hydrogen-bond acceptors (Lipinski definition) is 5. The number of nitrogens with zero attached hydrogens (tertiary/aromatic N) is 1. The Morgan fingerprint density at radius 3 is 2.47 bits per heavy atom. The molecule has 168 valence electrons. The maximum atomic E-state index is 12.8. The summed E-state index contributed by atoms with van der Waals surface area (Å²) in [6, 6.07) is 8.13. The Morgan fingerprint density at radius 2 is 1.84 bits per heavy atom. The Kier molecular flexibility index (Phi) is 7.58. The molecule has 0 unspecified atom stereocenters. The summed E-state index contributed by atoms with van der Waals surface area (Å²) < 4.78 is 0. The van der Waals surface area contributed by atoms with Crippen molar-refractivity contribution in [1.29, 1.82) is 0 Å². The van der Waals surface area contributed by atoms with E-state index in [1.165, 1.54) is 30.7 Å². The van der Waals surface area contributed by atoms with Crippen LogP contribution in [0.1, 0.15) is 64.9 Å². The lowest BCUT2D eigenvalue weighted by Gasteiger charge is -2.04. The van der Waals surface area contributed by atoms with Crippen molar-refractivity contribution in [3.63, 3.8) is 0 Å². The second kappa shape index (κ2) is 10.4. The molecule has 0 fully saturated rings. The quantitative estimate of drug-likeness (QED) is 0.328. The molecule has 0 aliphatic carbocycles. The first-order chi connectivity index (χ1) is 15.3. The van der Waals surface area contributed by atoms with Crippen LogP contribution in [0.2, 0.25) is 0 Å². The van der Waals surface area contributed by atoms with Crippen molar-refractivity contribution in [1.82, 2.24) is 15.3 Å². The minimum absolute atomic E-state index is 0.0108. The number of thiazole rings is 1. The Morgan fingerprint density at radius 1 is 1.12 bits per heavy atom. The van der Waals surface area contributed by atoms with Gasteiger partial charge in [0, 0.05) is 35.7 Å². The van der Waals surface area contributed by atoms with Crippen molar-refractivity contribution < 1.29 is 14.4 Å². The largest absolute Gasteiger partial charge is 0.356 e. The standard InChI is InChI=1S/C24H28N4O3S/c1-5-19-21(15(3)29)14(2)26-22(19)23(31)28-24-27-20(13-32-24)18-10-8-17(9-11-18)7-6-12-25-16(4)30/h8-11,13,26H,5-7,12H2,1-4H3,(H,25,30)(H,27,28,31). The van der Waals surface area contributed by atoms with Crippen LogP contribution >= 0.6 is 11.3 Å². The van der Waals surface area contributed by atoms with Crippen molar-refractivity contribution >= 4 is 34.1 Å². The lowest BCUT2D eigenvalue weighted by atomic mass is 10.0. The molecule has 0 aliphatic rings. The number of ketones is 1. The van der Waals surface area contributed by atoms with E-state index in [0.717, 1.165) is 29.7 Å². The Bertz CT molecular complexity index is 1130. The highest BCUT2D eigenvalue weighted by Crippen LogP contribution is 2.27. The van der Waals surface area contributed by atoms with Crippen LogP contribution in [0, 0.1) is 6.92 Å². The minimum Gasteiger partial charge on any atom is -0.356 e. The predicted molar refractivity (Wildman–Crippen MR) is 127 cm³/mol. The molecule has 0 spiro atoms. The number of aromatic amines is 1. The molecule has 2 aromatic heterocycles. The van der Waals surface area contributed by atoms with E-state index in [0.29, 0.717) is 35.0 Å². The van der Waals surface area contributed by atoms with Gasteiger partial charge in [0.25, 0.3) is 5.91 Å². The second-order valence-corrected chi connectivity index (χ2v) is 8.52. The second-order valence-electron chi connectivity index (χ2n) is 7.66. The average molecular weight is 453 g/mol. The first kappa shape index (κ1) is 23.4. The van der Waals surface area contributed by atoms with E-state index in [2.05, 4.69) is 32.7 Å². The van der Waals surface area contributed by atoms with E-state index >= 15 is 0 Å². The maximum Gasteiger partial charge on any atom is 0.274 e. The van der Waals surface area contributed by atoms with Crippen LogP contribution in [0.5, 0.6) is 0 Å². The summed E-state index contributed by atoms with van der Waals surface area (Å²) in [5, 5.41) is 8.06. The zero-order valence-electron chi connectivity index (χ0n) is 18.8. The molecule has 0 atom stereocenters. The van der Waals surface area contributed by atoms with Gasteiger partial charge in [-0.15, -0.1) is 11.3 Å². The number of hydrogen-bond donors (Lipinski definition) is 3. The minimum atomic E-state index is -0.298. The maximum absolute atomic E-state index is 12.8. The zero-order valence-corrected chi connectivity index (χ0v) is 19.6. The molecule has 2 heterocycles. The van der Waals surface area contributed by atoms with Gasteiger partial charge < -0.3 is 10.3 Å². The number of carbonyl (C=O) groups excluding carboxylic acids is 3. The molecule has 0 radical (unpaired) electrons. The fraction of sp³-hybridized carbons (Fsp3) is 0.333. The fourth-order valence-corrected chi connectivity index (χ4v) is 4.44. The third kappa shape index (κ3) is 5.50. The molecule has 7 nitrogen and oxygen atoms in total. The van der Waals surface area contributed by atoms with E-state index in [1.54, 1.807) is 6.92 Å². The average Bonchev–Trinajstić information content (AvgIpc) is 3.35. The number of Topliss-reactive ketones (excluding diaryl/α,β-unsaturated/α-hetero) is 1. The van der Waals surface area contributed by atoms with Crippen LogP contribution in [0.3, 0.4) is 0 Å². The normalized spacial score (nSPS) is 10.8. The number of carbonyl (C=O) groups is 3. The van der Waals surface area contributed by atoms with Crippen LogP contribution in [-0.2, 0) is 17.6 Å². The molecule has 0 aliphatic heterocycles. The predicted octanol–water partition coefficient (Wildman–Crippen LogP) is 4.53. The molecule has 3 N–H and O–H groups in total. The molecule has 0 saturated carbocycles. The van der Waals surface area contributed by atoms with Crippen molar-refractivity contribution in [2.75, 3.05) is 11.9 Å². The van der Waals surface area contributed by atoms with Gasteiger partial charge in [-0.3, -0.25) is 19.7 Å². The van der Waals surface area contributed by atoms with Crippen LogP contribution < -0.4 is 10.6 Å². The van der Waals surface area contributed by atoms with E-state index in [4.69, 9.17) is 0 Å². The van der Waals surface area contributed by atoms with E-state index in [-0.39, 0.29) is 17.6 Å².